The molecule has 2 N–H and O–H groups in total. The number of nitrogens with one attached hydrogen (secondary N) is 2. The summed E-state index contributed by atoms with van der Waals surface area (Å²) in [6.07, 6.45) is 5.87. The second-order valence-corrected chi connectivity index (χ2v) is 7.51. The molecule has 0 atom stereocenters. The molecule has 0 unspecified atom stereocenters. The molecule has 4 rings (SSSR count). The minimum absolute atomic E-state index is 0.0319. The van der Waals surface area contributed by atoms with Crippen LogP contribution >= 0.6 is 11.8 Å². The monoisotopic (exact) mass is 378 g/mol. The fourth-order valence-electron chi connectivity index (χ4n) is 3.14. The van der Waals surface area contributed by atoms with Gasteiger partial charge in [-0.05, 0) is 43.2 Å². The Labute approximate surface area is 162 Å². The standard InChI is InChI=1S/C21H22N4OS/c26-21(23-13-12-22-11-5-8-16-6-2-1-3-7-16)18-14-17-15-24-19-9-4-10-20(27-18)25(17)19/h1-4,6-7,9-10,14-15,22H,5,8,11-13H2,(H,23,26). The van der Waals surface area contributed by atoms with Gasteiger partial charge in [0, 0.05) is 13.1 Å². The van der Waals surface area contributed by atoms with E-state index in [2.05, 4.69) is 44.3 Å². The van der Waals surface area contributed by atoms with Crippen molar-refractivity contribution >= 4 is 29.4 Å². The number of rotatable bonds is 8. The van der Waals surface area contributed by atoms with Crippen LogP contribution in [0.3, 0.4) is 0 Å². The van der Waals surface area contributed by atoms with E-state index in [1.807, 2.05) is 30.3 Å². The van der Waals surface area contributed by atoms with E-state index in [-0.39, 0.29) is 5.91 Å². The number of thioether (sulfide) groups is 1. The van der Waals surface area contributed by atoms with E-state index in [1.165, 1.54) is 17.3 Å². The molecular formula is C21H22N4OS. The van der Waals surface area contributed by atoms with Gasteiger partial charge in [-0.15, -0.1) is 0 Å². The van der Waals surface area contributed by atoms with E-state index in [4.69, 9.17) is 0 Å². The van der Waals surface area contributed by atoms with Crippen molar-refractivity contribution in [1.82, 2.24) is 20.0 Å². The van der Waals surface area contributed by atoms with Crippen molar-refractivity contribution in [3.63, 3.8) is 0 Å². The predicted molar refractivity (Wildman–Crippen MR) is 110 cm³/mol. The van der Waals surface area contributed by atoms with Crippen LogP contribution in [-0.2, 0) is 11.2 Å². The average molecular weight is 379 g/mol. The molecule has 3 heterocycles. The van der Waals surface area contributed by atoms with E-state index in [1.54, 1.807) is 6.20 Å². The lowest BCUT2D eigenvalue weighted by Crippen LogP contribution is -2.32. The molecule has 6 heteroatoms. The highest BCUT2D eigenvalue weighted by molar-refractivity contribution is 8.04. The number of imidazole rings is 1. The molecule has 0 saturated carbocycles. The quantitative estimate of drug-likeness (QED) is 0.592. The second kappa shape index (κ2) is 8.41. The number of hydrogen-bond donors (Lipinski definition) is 2. The maximum absolute atomic E-state index is 12.5. The Hall–Kier alpha value is -2.57. The Morgan fingerprint density at radius 2 is 1.93 bits per heavy atom. The zero-order valence-electron chi connectivity index (χ0n) is 15.0. The van der Waals surface area contributed by atoms with Crippen LogP contribution in [0.4, 0.5) is 0 Å². The highest BCUT2D eigenvalue weighted by Gasteiger charge is 2.19. The van der Waals surface area contributed by atoms with Gasteiger partial charge in [0.05, 0.1) is 21.8 Å². The first-order valence-corrected chi connectivity index (χ1v) is 10.0. The van der Waals surface area contributed by atoms with Gasteiger partial charge in [0.2, 0.25) is 0 Å². The van der Waals surface area contributed by atoms with Crippen LogP contribution in [-0.4, -0.2) is 34.9 Å². The zero-order chi connectivity index (χ0) is 18.5. The summed E-state index contributed by atoms with van der Waals surface area (Å²) in [7, 11) is 0. The third-order valence-electron chi connectivity index (χ3n) is 4.49. The van der Waals surface area contributed by atoms with Gasteiger partial charge >= 0.3 is 0 Å². The van der Waals surface area contributed by atoms with Crippen molar-refractivity contribution in [2.24, 2.45) is 0 Å². The lowest BCUT2D eigenvalue weighted by Gasteiger charge is -2.15. The molecule has 0 spiro atoms. The number of carbonyl (C=O) groups is 1. The second-order valence-electron chi connectivity index (χ2n) is 6.45. The van der Waals surface area contributed by atoms with Crippen molar-refractivity contribution in [1.29, 1.82) is 0 Å². The highest BCUT2D eigenvalue weighted by Crippen LogP contribution is 2.34. The van der Waals surface area contributed by atoms with Gasteiger partial charge in [-0.3, -0.25) is 9.20 Å². The molecule has 1 aliphatic rings. The van der Waals surface area contributed by atoms with E-state index in [9.17, 15) is 4.79 Å². The summed E-state index contributed by atoms with van der Waals surface area (Å²) in [5.41, 5.74) is 3.22. The molecule has 0 aliphatic carbocycles. The van der Waals surface area contributed by atoms with Gasteiger partial charge in [0.1, 0.15) is 5.65 Å². The normalized spacial score (nSPS) is 12.8. The van der Waals surface area contributed by atoms with Crippen molar-refractivity contribution in [2.45, 2.75) is 17.9 Å². The van der Waals surface area contributed by atoms with Crippen molar-refractivity contribution in [3.8, 4) is 0 Å². The Morgan fingerprint density at radius 3 is 2.81 bits per heavy atom. The number of pyridine rings is 1. The van der Waals surface area contributed by atoms with E-state index in [0.29, 0.717) is 11.4 Å². The van der Waals surface area contributed by atoms with Gasteiger partial charge in [0.25, 0.3) is 5.91 Å². The summed E-state index contributed by atoms with van der Waals surface area (Å²) in [5.74, 6) is -0.0319. The molecule has 0 fully saturated rings. The maximum atomic E-state index is 12.5. The van der Waals surface area contributed by atoms with Crippen LogP contribution in [0, 0.1) is 0 Å². The van der Waals surface area contributed by atoms with Gasteiger partial charge in [0.15, 0.2) is 0 Å². The summed E-state index contributed by atoms with van der Waals surface area (Å²) >= 11 is 1.48. The van der Waals surface area contributed by atoms with Crippen LogP contribution in [0.2, 0.25) is 0 Å². The highest BCUT2D eigenvalue weighted by atomic mass is 32.2. The van der Waals surface area contributed by atoms with Gasteiger partial charge in [-0.25, -0.2) is 4.98 Å². The third-order valence-corrected chi connectivity index (χ3v) is 5.54. The first-order chi connectivity index (χ1) is 13.3. The molecule has 1 amide bonds. The lowest BCUT2D eigenvalue weighted by atomic mass is 10.1. The van der Waals surface area contributed by atoms with Crippen LogP contribution in [0.1, 0.15) is 17.7 Å². The Kier molecular flexibility index (Phi) is 5.55. The Bertz CT molecular complexity index is 965. The van der Waals surface area contributed by atoms with Crippen molar-refractivity contribution in [3.05, 3.63) is 70.9 Å². The summed E-state index contributed by atoms with van der Waals surface area (Å²) in [5, 5.41) is 7.40. The Balaban J connectivity index is 1.20. The average Bonchev–Trinajstić information content (AvgIpc) is 3.12. The maximum Gasteiger partial charge on any atom is 0.258 e. The number of aryl methyl sites for hydroxylation is 1. The largest absolute Gasteiger partial charge is 0.350 e. The first kappa shape index (κ1) is 17.8. The number of amides is 1. The zero-order valence-corrected chi connectivity index (χ0v) is 15.8. The molecule has 1 aromatic carbocycles. The van der Waals surface area contributed by atoms with Crippen LogP contribution in [0.5, 0.6) is 0 Å². The number of hydrogen-bond acceptors (Lipinski definition) is 4. The molecule has 0 radical (unpaired) electrons. The molecule has 5 nitrogen and oxygen atoms in total. The number of benzene rings is 1. The summed E-state index contributed by atoms with van der Waals surface area (Å²) in [6, 6.07) is 16.4. The molecular weight excluding hydrogens is 356 g/mol. The van der Waals surface area contributed by atoms with Gasteiger partial charge < -0.3 is 10.6 Å². The topological polar surface area (TPSA) is 58.4 Å². The van der Waals surface area contributed by atoms with Gasteiger partial charge in [-0.1, -0.05) is 48.2 Å². The number of aromatic nitrogens is 2. The van der Waals surface area contributed by atoms with E-state index in [0.717, 1.165) is 42.3 Å². The van der Waals surface area contributed by atoms with Crippen molar-refractivity contribution in [2.75, 3.05) is 19.6 Å². The minimum atomic E-state index is -0.0319. The minimum Gasteiger partial charge on any atom is -0.350 e. The van der Waals surface area contributed by atoms with Gasteiger partial charge in [-0.2, -0.15) is 0 Å². The van der Waals surface area contributed by atoms with Crippen LogP contribution in [0.15, 0.2) is 64.7 Å². The molecule has 138 valence electrons. The smallest absolute Gasteiger partial charge is 0.258 e. The fraction of sp³-hybridized carbons (Fsp3) is 0.238. The summed E-state index contributed by atoms with van der Waals surface area (Å²) in [4.78, 5) is 17.5. The third kappa shape index (κ3) is 4.23. The Morgan fingerprint density at radius 1 is 1.04 bits per heavy atom. The summed E-state index contributed by atoms with van der Waals surface area (Å²) < 4.78 is 2.07. The summed E-state index contributed by atoms with van der Waals surface area (Å²) in [6.45, 7) is 2.33. The SMILES string of the molecule is O=C(NCCNCCCc1ccccc1)C1=Cc2cnc3cccc(n23)S1. The van der Waals surface area contributed by atoms with E-state index < -0.39 is 0 Å². The first-order valence-electron chi connectivity index (χ1n) is 9.20. The molecule has 0 bridgehead atoms. The number of nitrogens with zero attached hydrogens (tertiary/aromatic N) is 2. The number of carbonyl (C=O) groups excluding carboxylic acids is 1. The lowest BCUT2D eigenvalue weighted by molar-refractivity contribution is -0.116. The van der Waals surface area contributed by atoms with Crippen molar-refractivity contribution < 1.29 is 4.79 Å². The molecule has 0 saturated heterocycles. The molecule has 27 heavy (non-hydrogen) atoms. The molecule has 3 aromatic rings. The molecule has 2 aromatic heterocycles. The van der Waals surface area contributed by atoms with Crippen LogP contribution in [0.25, 0.3) is 11.7 Å². The fourth-order valence-corrected chi connectivity index (χ4v) is 4.14. The van der Waals surface area contributed by atoms with Crippen LogP contribution < -0.4 is 10.6 Å². The van der Waals surface area contributed by atoms with E-state index >= 15 is 0 Å². The predicted octanol–water partition coefficient (Wildman–Crippen LogP) is 3.12. The molecule has 1 aliphatic heterocycles.